The Morgan fingerprint density at radius 3 is 2.76 bits per heavy atom. The summed E-state index contributed by atoms with van der Waals surface area (Å²) < 4.78 is 11.3. The minimum Gasteiger partial charge on any atom is -0.496 e. The average molecular weight is 283 g/mol. The van der Waals surface area contributed by atoms with E-state index < -0.39 is 0 Å². The molecule has 0 spiro atoms. The van der Waals surface area contributed by atoms with Crippen LogP contribution in [0.3, 0.4) is 0 Å². The Kier molecular flexibility index (Phi) is 3.60. The van der Waals surface area contributed by atoms with Gasteiger partial charge >= 0.3 is 0 Å². The number of rotatable bonds is 3. The van der Waals surface area contributed by atoms with E-state index in [1.165, 1.54) is 16.7 Å². The second-order valence-corrected chi connectivity index (χ2v) is 5.51. The number of hydrogen-bond acceptors (Lipinski definition) is 3. The van der Waals surface area contributed by atoms with E-state index in [0.717, 1.165) is 41.2 Å². The van der Waals surface area contributed by atoms with Crippen molar-refractivity contribution in [1.29, 1.82) is 0 Å². The lowest BCUT2D eigenvalue weighted by atomic mass is 9.95. The first-order valence-electron chi connectivity index (χ1n) is 7.29. The van der Waals surface area contributed by atoms with Gasteiger partial charge in [0.25, 0.3) is 0 Å². The first-order valence-corrected chi connectivity index (χ1v) is 7.29. The predicted molar refractivity (Wildman–Crippen MR) is 85.0 cm³/mol. The number of ether oxygens (including phenoxy) is 2. The Morgan fingerprint density at radius 1 is 1.24 bits per heavy atom. The molecule has 0 unspecified atom stereocenters. The van der Waals surface area contributed by atoms with Gasteiger partial charge in [-0.1, -0.05) is 12.1 Å². The molecular weight excluding hydrogens is 262 g/mol. The van der Waals surface area contributed by atoms with E-state index in [4.69, 9.17) is 15.2 Å². The van der Waals surface area contributed by atoms with Crippen LogP contribution < -0.4 is 15.2 Å². The van der Waals surface area contributed by atoms with Crippen molar-refractivity contribution < 1.29 is 9.47 Å². The van der Waals surface area contributed by atoms with Crippen LogP contribution in [0.5, 0.6) is 11.5 Å². The molecule has 0 aliphatic carbocycles. The van der Waals surface area contributed by atoms with Crippen molar-refractivity contribution in [2.45, 2.75) is 26.8 Å². The summed E-state index contributed by atoms with van der Waals surface area (Å²) in [7, 11) is 1.73. The molecule has 3 nitrogen and oxygen atoms in total. The lowest BCUT2D eigenvalue weighted by Gasteiger charge is -2.16. The Morgan fingerprint density at radius 2 is 2.05 bits per heavy atom. The van der Waals surface area contributed by atoms with Gasteiger partial charge in [0.15, 0.2) is 0 Å². The summed E-state index contributed by atoms with van der Waals surface area (Å²) in [5, 5.41) is 0. The molecule has 0 bridgehead atoms. The van der Waals surface area contributed by atoms with Crippen LogP contribution in [0, 0.1) is 13.8 Å². The number of fused-ring (bicyclic) bond motifs is 1. The average Bonchev–Trinajstić information content (AvgIpc) is 2.97. The normalized spacial score (nSPS) is 13.0. The van der Waals surface area contributed by atoms with Gasteiger partial charge in [-0.3, -0.25) is 0 Å². The number of benzene rings is 2. The van der Waals surface area contributed by atoms with E-state index in [-0.39, 0.29) is 0 Å². The summed E-state index contributed by atoms with van der Waals surface area (Å²) in [5.74, 6) is 1.92. The van der Waals surface area contributed by atoms with Crippen LogP contribution in [0.1, 0.15) is 22.3 Å². The third kappa shape index (κ3) is 2.28. The maximum absolute atomic E-state index is 5.88. The lowest BCUT2D eigenvalue weighted by Crippen LogP contribution is -2.01. The van der Waals surface area contributed by atoms with Gasteiger partial charge in [-0.25, -0.2) is 0 Å². The van der Waals surface area contributed by atoms with Gasteiger partial charge in [0, 0.05) is 24.1 Å². The van der Waals surface area contributed by atoms with Gasteiger partial charge in [-0.2, -0.15) is 0 Å². The first-order chi connectivity index (χ1) is 10.2. The van der Waals surface area contributed by atoms with Crippen molar-refractivity contribution in [3.05, 3.63) is 46.5 Å². The largest absolute Gasteiger partial charge is 0.496 e. The topological polar surface area (TPSA) is 44.5 Å². The summed E-state index contributed by atoms with van der Waals surface area (Å²) >= 11 is 0. The summed E-state index contributed by atoms with van der Waals surface area (Å²) in [6.45, 7) is 5.43. The first kappa shape index (κ1) is 14.0. The Bertz CT molecular complexity index is 692. The zero-order chi connectivity index (χ0) is 15.0. The van der Waals surface area contributed by atoms with Crippen LogP contribution >= 0.6 is 0 Å². The van der Waals surface area contributed by atoms with Gasteiger partial charge in [-0.15, -0.1) is 0 Å². The summed E-state index contributed by atoms with van der Waals surface area (Å²) in [6, 6.07) is 8.59. The molecule has 21 heavy (non-hydrogen) atoms. The fraction of sp³-hybridized carbons (Fsp3) is 0.333. The number of hydrogen-bond donors (Lipinski definition) is 1. The van der Waals surface area contributed by atoms with Gasteiger partial charge in [-0.05, 0) is 48.2 Å². The van der Waals surface area contributed by atoms with E-state index in [1.807, 2.05) is 0 Å². The fourth-order valence-electron chi connectivity index (χ4n) is 2.98. The Hall–Kier alpha value is -2.00. The predicted octanol–water partition coefficient (Wildman–Crippen LogP) is 3.37. The third-order valence-corrected chi connectivity index (χ3v) is 4.27. The van der Waals surface area contributed by atoms with Crippen molar-refractivity contribution in [1.82, 2.24) is 0 Å². The van der Waals surface area contributed by atoms with Crippen LogP contribution in [0.4, 0.5) is 0 Å². The standard InChI is InChI=1S/C18H21NO2/c1-11-4-5-16(17(20-3)12(11)2)14-8-13-6-7-21-18(13)15(9-14)10-19/h4-5,8-9H,6-7,10,19H2,1-3H3. The van der Waals surface area contributed by atoms with Crippen molar-refractivity contribution >= 4 is 0 Å². The molecule has 0 radical (unpaired) electrons. The molecule has 3 rings (SSSR count). The summed E-state index contributed by atoms with van der Waals surface area (Å²) in [5.41, 5.74) is 12.9. The maximum Gasteiger partial charge on any atom is 0.129 e. The fourth-order valence-corrected chi connectivity index (χ4v) is 2.98. The van der Waals surface area contributed by atoms with Crippen LogP contribution in [0.15, 0.2) is 24.3 Å². The lowest BCUT2D eigenvalue weighted by molar-refractivity contribution is 0.353. The van der Waals surface area contributed by atoms with Gasteiger partial charge in [0.1, 0.15) is 11.5 Å². The molecule has 1 aliphatic heterocycles. The summed E-state index contributed by atoms with van der Waals surface area (Å²) in [4.78, 5) is 0. The van der Waals surface area contributed by atoms with Crippen molar-refractivity contribution in [2.75, 3.05) is 13.7 Å². The van der Waals surface area contributed by atoms with E-state index >= 15 is 0 Å². The molecule has 2 N–H and O–H groups in total. The van der Waals surface area contributed by atoms with E-state index in [0.29, 0.717) is 6.54 Å². The number of aryl methyl sites for hydroxylation is 1. The molecule has 2 aromatic carbocycles. The quantitative estimate of drug-likeness (QED) is 0.939. The van der Waals surface area contributed by atoms with Gasteiger partial charge < -0.3 is 15.2 Å². The van der Waals surface area contributed by atoms with Crippen LogP contribution in [-0.2, 0) is 13.0 Å². The van der Waals surface area contributed by atoms with Gasteiger partial charge in [0.05, 0.1) is 13.7 Å². The van der Waals surface area contributed by atoms with Crippen LogP contribution in [0.25, 0.3) is 11.1 Å². The molecule has 0 amide bonds. The molecule has 0 atom stereocenters. The van der Waals surface area contributed by atoms with E-state index in [1.54, 1.807) is 7.11 Å². The minimum atomic E-state index is 0.489. The Balaban J connectivity index is 2.20. The monoisotopic (exact) mass is 283 g/mol. The van der Waals surface area contributed by atoms with Gasteiger partial charge in [0.2, 0.25) is 0 Å². The smallest absolute Gasteiger partial charge is 0.129 e. The van der Waals surface area contributed by atoms with Crippen molar-refractivity contribution in [3.8, 4) is 22.6 Å². The van der Waals surface area contributed by atoms with E-state index in [9.17, 15) is 0 Å². The highest BCUT2D eigenvalue weighted by atomic mass is 16.5. The molecule has 3 heteroatoms. The van der Waals surface area contributed by atoms with Crippen molar-refractivity contribution in [3.63, 3.8) is 0 Å². The molecule has 0 saturated carbocycles. The van der Waals surface area contributed by atoms with Crippen molar-refractivity contribution in [2.24, 2.45) is 5.73 Å². The molecule has 0 fully saturated rings. The van der Waals surface area contributed by atoms with Crippen LogP contribution in [-0.4, -0.2) is 13.7 Å². The third-order valence-electron chi connectivity index (χ3n) is 4.27. The maximum atomic E-state index is 5.88. The highest BCUT2D eigenvalue weighted by molar-refractivity contribution is 5.75. The Labute approximate surface area is 125 Å². The SMILES string of the molecule is COc1c(-c2cc(CN)c3c(c2)CCO3)ccc(C)c1C. The molecule has 110 valence electrons. The number of nitrogens with two attached hydrogens (primary N) is 1. The highest BCUT2D eigenvalue weighted by Crippen LogP contribution is 2.39. The van der Waals surface area contributed by atoms with Crippen LogP contribution in [0.2, 0.25) is 0 Å². The molecular formula is C18H21NO2. The second kappa shape index (κ2) is 5.41. The molecule has 2 aromatic rings. The zero-order valence-corrected chi connectivity index (χ0v) is 12.8. The molecule has 0 saturated heterocycles. The minimum absolute atomic E-state index is 0.489. The molecule has 1 aliphatic rings. The second-order valence-electron chi connectivity index (χ2n) is 5.51. The molecule has 0 aromatic heterocycles. The summed E-state index contributed by atoms with van der Waals surface area (Å²) in [6.07, 6.45) is 0.948. The highest BCUT2D eigenvalue weighted by Gasteiger charge is 2.19. The number of methoxy groups -OCH3 is 1. The zero-order valence-electron chi connectivity index (χ0n) is 12.8. The molecule has 1 heterocycles. The van der Waals surface area contributed by atoms with E-state index in [2.05, 4.69) is 38.1 Å².